The second-order valence-electron chi connectivity index (χ2n) is 6.03. The molecule has 2 aromatic rings. The Morgan fingerprint density at radius 3 is 2.67 bits per heavy atom. The number of anilines is 1. The highest BCUT2D eigenvalue weighted by molar-refractivity contribution is 7.99. The van der Waals surface area contributed by atoms with Crippen LogP contribution in [0.1, 0.15) is 28.8 Å². The maximum absolute atomic E-state index is 12.3. The van der Waals surface area contributed by atoms with E-state index in [1.54, 1.807) is 36.5 Å². The van der Waals surface area contributed by atoms with Crippen molar-refractivity contribution in [2.75, 3.05) is 24.2 Å². The molecule has 0 radical (unpaired) electrons. The molecule has 0 atom stereocenters. The van der Waals surface area contributed by atoms with Gasteiger partial charge in [-0.3, -0.25) is 9.59 Å². The highest BCUT2D eigenvalue weighted by Gasteiger charge is 2.19. The number of nitrogens with one attached hydrogen (secondary N) is 1. The average Bonchev–Trinajstić information content (AvgIpc) is 3.21. The minimum absolute atomic E-state index is 0.00647. The Hall–Kier alpha value is -2.56. The first kappa shape index (κ1) is 19.2. The Morgan fingerprint density at radius 1 is 1.26 bits per heavy atom. The molecule has 0 saturated carbocycles. The van der Waals surface area contributed by atoms with Crippen LogP contribution >= 0.6 is 23.4 Å². The van der Waals surface area contributed by atoms with Gasteiger partial charge in [-0.15, -0.1) is 0 Å². The number of carbonyl (C=O) groups excluding carboxylic acids is 2. The molecule has 0 spiro atoms. The molecule has 2 heterocycles. The lowest BCUT2D eigenvalue weighted by Crippen LogP contribution is -2.27. The number of rotatable bonds is 5. The van der Waals surface area contributed by atoms with Crippen LogP contribution in [0.4, 0.5) is 5.69 Å². The summed E-state index contributed by atoms with van der Waals surface area (Å²) in [5.41, 5.74) is 1.46. The van der Waals surface area contributed by atoms with Crippen molar-refractivity contribution >= 4 is 40.9 Å². The van der Waals surface area contributed by atoms with Crippen LogP contribution in [-0.2, 0) is 4.79 Å². The molecule has 8 heteroatoms. The van der Waals surface area contributed by atoms with E-state index in [-0.39, 0.29) is 17.6 Å². The predicted molar refractivity (Wildman–Crippen MR) is 105 cm³/mol. The molecule has 1 saturated heterocycles. The van der Waals surface area contributed by atoms with Crippen LogP contribution in [0.3, 0.4) is 0 Å². The molecule has 0 bridgehead atoms. The number of nitriles is 1. The van der Waals surface area contributed by atoms with Crippen molar-refractivity contribution in [3.63, 3.8) is 0 Å². The van der Waals surface area contributed by atoms with Gasteiger partial charge in [-0.2, -0.15) is 5.26 Å². The first-order valence-corrected chi connectivity index (χ1v) is 9.81. The van der Waals surface area contributed by atoms with Gasteiger partial charge in [0.25, 0.3) is 5.91 Å². The second kappa shape index (κ2) is 8.89. The standard InChI is InChI=1S/C19H17ClN4O2S/c20-16-9-15(5-3-13(16)10-21)23-17(25)12-27-18-6-4-14(11-22-18)19(26)24-7-1-2-8-24/h3-6,9,11H,1-2,7-8,12H2,(H,23,25). The number of likely N-dealkylation sites (tertiary alicyclic amines) is 1. The highest BCUT2D eigenvalue weighted by Crippen LogP contribution is 2.21. The monoisotopic (exact) mass is 400 g/mol. The zero-order chi connectivity index (χ0) is 19.2. The lowest BCUT2D eigenvalue weighted by atomic mass is 10.2. The number of hydrogen-bond donors (Lipinski definition) is 1. The minimum atomic E-state index is -0.209. The fraction of sp³-hybridized carbons (Fsp3) is 0.263. The Kier molecular flexibility index (Phi) is 6.32. The van der Waals surface area contributed by atoms with E-state index in [9.17, 15) is 9.59 Å². The van der Waals surface area contributed by atoms with Crippen LogP contribution in [0, 0.1) is 11.3 Å². The summed E-state index contributed by atoms with van der Waals surface area (Å²) >= 11 is 7.23. The molecule has 6 nitrogen and oxygen atoms in total. The second-order valence-corrected chi connectivity index (χ2v) is 7.43. The molecule has 0 aliphatic carbocycles. The molecule has 1 aromatic heterocycles. The van der Waals surface area contributed by atoms with Crippen LogP contribution in [0.25, 0.3) is 0 Å². The summed E-state index contributed by atoms with van der Waals surface area (Å²) in [4.78, 5) is 30.5. The summed E-state index contributed by atoms with van der Waals surface area (Å²) in [5.74, 6) is -0.0314. The van der Waals surface area contributed by atoms with Gasteiger partial charge in [-0.1, -0.05) is 23.4 Å². The Bertz CT molecular complexity index is 890. The highest BCUT2D eigenvalue weighted by atomic mass is 35.5. The smallest absolute Gasteiger partial charge is 0.255 e. The third-order valence-corrected chi connectivity index (χ3v) is 5.36. The molecular formula is C19H17ClN4O2S. The summed E-state index contributed by atoms with van der Waals surface area (Å²) in [5, 5.41) is 12.6. The van der Waals surface area contributed by atoms with Crippen molar-refractivity contribution in [1.29, 1.82) is 5.26 Å². The SMILES string of the molecule is N#Cc1ccc(NC(=O)CSc2ccc(C(=O)N3CCCC3)cn2)cc1Cl. The van der Waals surface area contributed by atoms with E-state index < -0.39 is 0 Å². The van der Waals surface area contributed by atoms with Crippen molar-refractivity contribution in [2.45, 2.75) is 17.9 Å². The van der Waals surface area contributed by atoms with E-state index >= 15 is 0 Å². The third-order valence-electron chi connectivity index (χ3n) is 4.10. The molecule has 1 aromatic carbocycles. The average molecular weight is 401 g/mol. The van der Waals surface area contributed by atoms with Crippen molar-refractivity contribution in [2.24, 2.45) is 0 Å². The maximum atomic E-state index is 12.3. The van der Waals surface area contributed by atoms with Crippen molar-refractivity contribution in [3.05, 3.63) is 52.7 Å². The number of amides is 2. The molecule has 138 valence electrons. The van der Waals surface area contributed by atoms with E-state index in [1.807, 2.05) is 11.0 Å². The summed E-state index contributed by atoms with van der Waals surface area (Å²) in [6.45, 7) is 1.60. The quantitative estimate of drug-likeness (QED) is 0.775. The van der Waals surface area contributed by atoms with Gasteiger partial charge in [0.1, 0.15) is 6.07 Å². The van der Waals surface area contributed by atoms with Crippen LogP contribution in [0.5, 0.6) is 0 Å². The molecular weight excluding hydrogens is 384 g/mol. The maximum Gasteiger partial charge on any atom is 0.255 e. The lowest BCUT2D eigenvalue weighted by Gasteiger charge is -2.14. The first-order chi connectivity index (χ1) is 13.1. The van der Waals surface area contributed by atoms with E-state index in [0.717, 1.165) is 25.9 Å². The van der Waals surface area contributed by atoms with Gasteiger partial charge >= 0.3 is 0 Å². The summed E-state index contributed by atoms with van der Waals surface area (Å²) in [6.07, 6.45) is 3.65. The molecule has 1 aliphatic rings. The van der Waals surface area contributed by atoms with E-state index in [0.29, 0.717) is 26.9 Å². The normalized spacial score (nSPS) is 13.3. The summed E-state index contributed by atoms with van der Waals surface area (Å²) < 4.78 is 0. The largest absolute Gasteiger partial charge is 0.339 e. The van der Waals surface area contributed by atoms with Gasteiger partial charge in [0, 0.05) is 25.0 Å². The zero-order valence-corrected chi connectivity index (χ0v) is 16.0. The van der Waals surface area contributed by atoms with Crippen LogP contribution in [0.15, 0.2) is 41.6 Å². The molecule has 2 amide bonds. The number of benzene rings is 1. The van der Waals surface area contributed by atoms with Crippen LogP contribution in [0.2, 0.25) is 5.02 Å². The van der Waals surface area contributed by atoms with Gasteiger partial charge in [0.2, 0.25) is 5.91 Å². The van der Waals surface area contributed by atoms with Crippen molar-refractivity contribution < 1.29 is 9.59 Å². The number of aromatic nitrogens is 1. The van der Waals surface area contributed by atoms with Crippen molar-refractivity contribution in [3.8, 4) is 6.07 Å². The van der Waals surface area contributed by atoms with Gasteiger partial charge in [0.05, 0.1) is 26.9 Å². The van der Waals surface area contributed by atoms with Crippen LogP contribution in [-0.4, -0.2) is 40.5 Å². The number of thioether (sulfide) groups is 1. The van der Waals surface area contributed by atoms with Gasteiger partial charge in [-0.25, -0.2) is 4.98 Å². The summed E-state index contributed by atoms with van der Waals surface area (Å²) in [7, 11) is 0. The molecule has 27 heavy (non-hydrogen) atoms. The first-order valence-electron chi connectivity index (χ1n) is 8.44. The molecule has 1 N–H and O–H groups in total. The Morgan fingerprint density at radius 2 is 2.04 bits per heavy atom. The van der Waals surface area contributed by atoms with Gasteiger partial charge < -0.3 is 10.2 Å². The predicted octanol–water partition coefficient (Wildman–Crippen LogP) is 3.57. The zero-order valence-electron chi connectivity index (χ0n) is 14.4. The number of pyridine rings is 1. The fourth-order valence-corrected chi connectivity index (χ4v) is 3.58. The molecule has 1 aliphatic heterocycles. The fourth-order valence-electron chi connectivity index (χ4n) is 2.72. The molecule has 0 unspecified atom stereocenters. The number of halogens is 1. The van der Waals surface area contributed by atoms with E-state index in [2.05, 4.69) is 10.3 Å². The van der Waals surface area contributed by atoms with Crippen LogP contribution < -0.4 is 5.32 Å². The molecule has 1 fully saturated rings. The summed E-state index contributed by atoms with van der Waals surface area (Å²) in [6, 6.07) is 10.2. The van der Waals surface area contributed by atoms with E-state index in [4.69, 9.17) is 16.9 Å². The van der Waals surface area contributed by atoms with E-state index in [1.165, 1.54) is 11.8 Å². The number of hydrogen-bond acceptors (Lipinski definition) is 5. The Balaban J connectivity index is 1.52. The topological polar surface area (TPSA) is 86.1 Å². The number of carbonyl (C=O) groups is 2. The molecule has 3 rings (SSSR count). The van der Waals surface area contributed by atoms with Gasteiger partial charge in [-0.05, 0) is 43.2 Å². The third kappa shape index (κ3) is 5.00. The van der Waals surface area contributed by atoms with Crippen molar-refractivity contribution in [1.82, 2.24) is 9.88 Å². The lowest BCUT2D eigenvalue weighted by molar-refractivity contribution is -0.113. The Labute approximate surface area is 166 Å². The minimum Gasteiger partial charge on any atom is -0.339 e. The van der Waals surface area contributed by atoms with Gasteiger partial charge in [0.15, 0.2) is 0 Å². The number of nitrogens with zero attached hydrogens (tertiary/aromatic N) is 3.